The van der Waals surface area contributed by atoms with Crippen LogP contribution in [0.5, 0.6) is 6.01 Å². The highest BCUT2D eigenvalue weighted by molar-refractivity contribution is 5.83. The lowest BCUT2D eigenvalue weighted by molar-refractivity contribution is -0.121. The van der Waals surface area contributed by atoms with Crippen LogP contribution in [0.4, 0.5) is 0 Å². The van der Waals surface area contributed by atoms with Crippen molar-refractivity contribution in [2.45, 2.75) is 58.0 Å². The third-order valence-electron chi connectivity index (χ3n) is 5.42. The number of ether oxygens (including phenoxy) is 1. The summed E-state index contributed by atoms with van der Waals surface area (Å²) in [5, 5.41) is 0. The van der Waals surface area contributed by atoms with Crippen LogP contribution < -0.4 is 4.74 Å². The van der Waals surface area contributed by atoms with Gasteiger partial charge in [-0.05, 0) is 62.1 Å². The standard InChI is InChI=1S/C24H26N2O2/c1-17(14-23(27)21-11-12-21)13-19-8-5-18(6-9-19)7-10-20-15-25-24(26-16-20)28-22-3-2-4-22/h5-6,8-9,15-17,21-22H,2-4,11-14H2,1H3. The molecule has 0 radical (unpaired) electrons. The lowest BCUT2D eigenvalue weighted by Crippen LogP contribution is -2.25. The summed E-state index contributed by atoms with van der Waals surface area (Å²) in [6, 6.07) is 8.72. The van der Waals surface area contributed by atoms with Gasteiger partial charge in [-0.2, -0.15) is 0 Å². The molecule has 0 spiro atoms. The number of benzene rings is 1. The molecule has 0 aliphatic heterocycles. The molecule has 0 saturated heterocycles. The van der Waals surface area contributed by atoms with Crippen molar-refractivity contribution in [3.05, 3.63) is 53.3 Å². The van der Waals surface area contributed by atoms with E-state index in [0.717, 1.165) is 43.2 Å². The normalized spacial score (nSPS) is 17.2. The summed E-state index contributed by atoms with van der Waals surface area (Å²) in [6.45, 7) is 2.16. The number of rotatable bonds is 7. The fourth-order valence-electron chi connectivity index (χ4n) is 3.34. The fourth-order valence-corrected chi connectivity index (χ4v) is 3.34. The SMILES string of the molecule is CC(CC(=O)C1CC1)Cc1ccc(C#Cc2cnc(OC3CCC3)nc2)cc1. The maximum atomic E-state index is 11.9. The molecule has 4 rings (SSSR count). The zero-order chi connectivity index (χ0) is 19.3. The Morgan fingerprint density at radius 1 is 1.07 bits per heavy atom. The highest BCUT2D eigenvalue weighted by Gasteiger charge is 2.29. The van der Waals surface area contributed by atoms with Crippen LogP contribution >= 0.6 is 0 Å². The second kappa shape index (κ2) is 8.56. The molecule has 144 valence electrons. The largest absolute Gasteiger partial charge is 0.460 e. The van der Waals surface area contributed by atoms with Gasteiger partial charge in [0.2, 0.25) is 0 Å². The van der Waals surface area contributed by atoms with Crippen LogP contribution in [-0.2, 0) is 11.2 Å². The van der Waals surface area contributed by atoms with Crippen molar-refractivity contribution in [1.82, 2.24) is 9.97 Å². The third kappa shape index (κ3) is 5.19. The van der Waals surface area contributed by atoms with Crippen molar-refractivity contribution >= 4 is 5.78 Å². The molecular formula is C24H26N2O2. The van der Waals surface area contributed by atoms with Crippen LogP contribution in [0.1, 0.15) is 62.1 Å². The first-order chi connectivity index (χ1) is 13.7. The van der Waals surface area contributed by atoms with E-state index in [9.17, 15) is 4.79 Å². The highest BCUT2D eigenvalue weighted by atomic mass is 16.5. The maximum absolute atomic E-state index is 11.9. The van der Waals surface area contributed by atoms with Gasteiger partial charge in [-0.3, -0.25) is 4.79 Å². The van der Waals surface area contributed by atoms with Crippen molar-refractivity contribution in [2.75, 3.05) is 0 Å². The van der Waals surface area contributed by atoms with Crippen molar-refractivity contribution in [2.24, 2.45) is 11.8 Å². The first-order valence-electron chi connectivity index (χ1n) is 10.3. The van der Waals surface area contributed by atoms with Crippen molar-refractivity contribution in [3.63, 3.8) is 0 Å². The molecule has 0 amide bonds. The second-order valence-electron chi connectivity index (χ2n) is 8.13. The van der Waals surface area contributed by atoms with E-state index in [4.69, 9.17) is 4.74 Å². The van der Waals surface area contributed by atoms with E-state index < -0.39 is 0 Å². The van der Waals surface area contributed by atoms with Gasteiger partial charge in [0.15, 0.2) is 0 Å². The summed E-state index contributed by atoms with van der Waals surface area (Å²) in [5.41, 5.74) is 2.99. The van der Waals surface area contributed by atoms with E-state index in [2.05, 4.69) is 40.9 Å². The van der Waals surface area contributed by atoms with Gasteiger partial charge in [-0.1, -0.05) is 30.9 Å². The Hall–Kier alpha value is -2.67. The minimum Gasteiger partial charge on any atom is -0.460 e. The molecule has 0 N–H and O–H groups in total. The molecule has 2 fully saturated rings. The molecule has 2 aliphatic rings. The van der Waals surface area contributed by atoms with Crippen molar-refractivity contribution < 1.29 is 9.53 Å². The van der Waals surface area contributed by atoms with Gasteiger partial charge in [0, 0.05) is 30.3 Å². The Bertz CT molecular complexity index is 870. The van der Waals surface area contributed by atoms with Crippen LogP contribution in [0.25, 0.3) is 0 Å². The summed E-state index contributed by atoms with van der Waals surface area (Å²) in [6.07, 6.45) is 10.9. The summed E-state index contributed by atoms with van der Waals surface area (Å²) >= 11 is 0. The minimum atomic E-state index is 0.282. The number of aromatic nitrogens is 2. The number of hydrogen-bond donors (Lipinski definition) is 0. The first-order valence-corrected chi connectivity index (χ1v) is 10.3. The van der Waals surface area contributed by atoms with Crippen LogP contribution in [0.3, 0.4) is 0 Å². The molecule has 2 aliphatic carbocycles. The van der Waals surface area contributed by atoms with Gasteiger partial charge in [-0.15, -0.1) is 0 Å². The molecule has 2 saturated carbocycles. The van der Waals surface area contributed by atoms with Gasteiger partial charge in [0.25, 0.3) is 0 Å². The van der Waals surface area contributed by atoms with Gasteiger partial charge in [-0.25, -0.2) is 9.97 Å². The van der Waals surface area contributed by atoms with E-state index in [-0.39, 0.29) is 6.10 Å². The number of ketones is 1. The number of nitrogens with zero attached hydrogens (tertiary/aromatic N) is 2. The van der Waals surface area contributed by atoms with Crippen LogP contribution in [0.2, 0.25) is 0 Å². The summed E-state index contributed by atoms with van der Waals surface area (Å²) in [7, 11) is 0. The molecule has 0 bridgehead atoms. The lowest BCUT2D eigenvalue weighted by atomic mass is 9.94. The number of carbonyl (C=O) groups is 1. The molecule has 4 nitrogen and oxygen atoms in total. The molecule has 1 aromatic heterocycles. The summed E-state index contributed by atoms with van der Waals surface area (Å²) < 4.78 is 5.66. The van der Waals surface area contributed by atoms with E-state index in [1.54, 1.807) is 12.4 Å². The molecular weight excluding hydrogens is 348 g/mol. The number of hydrogen-bond acceptors (Lipinski definition) is 4. The summed E-state index contributed by atoms with van der Waals surface area (Å²) in [4.78, 5) is 20.4. The predicted molar refractivity (Wildman–Crippen MR) is 108 cm³/mol. The smallest absolute Gasteiger partial charge is 0.316 e. The first kappa shape index (κ1) is 18.7. The van der Waals surface area contributed by atoms with E-state index in [0.29, 0.717) is 30.1 Å². The van der Waals surface area contributed by atoms with Gasteiger partial charge < -0.3 is 4.74 Å². The van der Waals surface area contributed by atoms with Gasteiger partial charge >= 0.3 is 6.01 Å². The van der Waals surface area contributed by atoms with Gasteiger partial charge in [0.05, 0.1) is 5.56 Å². The Kier molecular flexibility index (Phi) is 5.71. The quantitative estimate of drug-likeness (QED) is 0.676. The molecule has 1 unspecified atom stereocenters. The minimum absolute atomic E-state index is 0.282. The molecule has 1 aromatic carbocycles. The predicted octanol–water partition coefficient (Wildman–Crippen LogP) is 4.36. The zero-order valence-corrected chi connectivity index (χ0v) is 16.4. The number of carbonyl (C=O) groups excluding carboxylic acids is 1. The van der Waals surface area contributed by atoms with Crippen molar-refractivity contribution in [3.8, 4) is 17.9 Å². The Morgan fingerprint density at radius 3 is 2.36 bits per heavy atom. The lowest BCUT2D eigenvalue weighted by Gasteiger charge is -2.24. The van der Waals surface area contributed by atoms with E-state index in [1.165, 1.54) is 12.0 Å². The fraction of sp³-hybridized carbons (Fsp3) is 0.458. The zero-order valence-electron chi connectivity index (χ0n) is 16.4. The van der Waals surface area contributed by atoms with Crippen LogP contribution in [0.15, 0.2) is 36.7 Å². The summed E-state index contributed by atoms with van der Waals surface area (Å²) in [5.74, 6) is 7.46. The Morgan fingerprint density at radius 2 is 1.75 bits per heavy atom. The van der Waals surface area contributed by atoms with Gasteiger partial charge in [0.1, 0.15) is 11.9 Å². The molecule has 4 heteroatoms. The third-order valence-corrected chi connectivity index (χ3v) is 5.42. The average Bonchev–Trinajstić information content (AvgIpc) is 3.50. The highest BCUT2D eigenvalue weighted by Crippen LogP contribution is 2.32. The maximum Gasteiger partial charge on any atom is 0.316 e. The van der Waals surface area contributed by atoms with Crippen LogP contribution in [-0.4, -0.2) is 21.9 Å². The van der Waals surface area contributed by atoms with Crippen LogP contribution in [0, 0.1) is 23.7 Å². The van der Waals surface area contributed by atoms with Crippen molar-refractivity contribution in [1.29, 1.82) is 0 Å². The second-order valence-corrected chi connectivity index (χ2v) is 8.13. The molecule has 2 aromatic rings. The Labute approximate surface area is 166 Å². The number of Topliss-reactive ketones (excluding diaryl/α,β-unsaturated/α-hetero) is 1. The topological polar surface area (TPSA) is 52.1 Å². The monoisotopic (exact) mass is 374 g/mol. The molecule has 1 atom stereocenters. The molecule has 1 heterocycles. The van der Waals surface area contributed by atoms with E-state index in [1.807, 2.05) is 12.1 Å². The molecule has 28 heavy (non-hydrogen) atoms. The Balaban J connectivity index is 1.29. The average molecular weight is 374 g/mol. The van der Waals surface area contributed by atoms with E-state index >= 15 is 0 Å².